The number of rotatable bonds is 8. The summed E-state index contributed by atoms with van der Waals surface area (Å²) in [5.41, 5.74) is 1.96. The van der Waals surface area contributed by atoms with E-state index in [-0.39, 0.29) is 5.02 Å². The minimum Gasteiger partial charge on any atom is -0.333 e. The fraction of sp³-hybridized carbons (Fsp3) is 0.300. The molecule has 10 heteroatoms. The average molecular weight is 471 g/mol. The second-order valence-corrected chi connectivity index (χ2v) is 9.28. The van der Waals surface area contributed by atoms with Crippen LogP contribution in [0.5, 0.6) is 0 Å². The predicted octanol–water partition coefficient (Wildman–Crippen LogP) is 7.17. The number of benzene rings is 2. The molecule has 0 bridgehead atoms. The molecule has 0 amide bonds. The van der Waals surface area contributed by atoms with E-state index in [1.54, 1.807) is 11.8 Å². The number of aromatic amines is 2. The Bertz CT molecular complexity index is 1120. The summed E-state index contributed by atoms with van der Waals surface area (Å²) in [6.07, 6.45) is -1.36. The molecular weight excluding hydrogens is 453 g/mol. The minimum absolute atomic E-state index is 0.333. The summed E-state index contributed by atoms with van der Waals surface area (Å²) in [6, 6.07) is 10.2. The summed E-state index contributed by atoms with van der Waals surface area (Å²) in [4.78, 5) is 15.1. The van der Waals surface area contributed by atoms with Crippen LogP contribution in [0.25, 0.3) is 22.1 Å². The molecule has 0 saturated heterocycles. The molecule has 4 aromatic rings. The highest BCUT2D eigenvalue weighted by Crippen LogP contribution is 2.37. The maximum absolute atomic E-state index is 13.0. The monoisotopic (exact) mass is 470 g/mol. The van der Waals surface area contributed by atoms with Crippen LogP contribution in [0.2, 0.25) is 5.02 Å². The van der Waals surface area contributed by atoms with Gasteiger partial charge in [-0.15, -0.1) is 0 Å². The number of hydrogen-bond donors (Lipinski definition) is 2. The molecule has 2 aromatic heterocycles. The first-order chi connectivity index (χ1) is 14.4. The molecule has 0 aliphatic heterocycles. The first-order valence-corrected chi connectivity index (χ1v) is 11.7. The smallest absolute Gasteiger partial charge is 0.333 e. The van der Waals surface area contributed by atoms with Gasteiger partial charge in [-0.05, 0) is 37.1 Å². The highest BCUT2D eigenvalue weighted by atomic mass is 35.5. The topological polar surface area (TPSA) is 57.4 Å². The number of nitrogens with zero attached hydrogens (tertiary/aromatic N) is 2. The van der Waals surface area contributed by atoms with Crippen molar-refractivity contribution in [1.82, 2.24) is 19.9 Å². The molecule has 30 heavy (non-hydrogen) atoms. The van der Waals surface area contributed by atoms with Crippen LogP contribution in [0.4, 0.5) is 13.2 Å². The fourth-order valence-electron chi connectivity index (χ4n) is 3.01. The Morgan fingerprint density at radius 3 is 2.13 bits per heavy atom. The van der Waals surface area contributed by atoms with Crippen LogP contribution < -0.4 is 0 Å². The molecule has 0 aliphatic carbocycles. The third kappa shape index (κ3) is 5.07. The third-order valence-electron chi connectivity index (χ3n) is 4.49. The largest absolute Gasteiger partial charge is 0.417 e. The first kappa shape index (κ1) is 21.4. The second kappa shape index (κ2) is 9.11. The first-order valence-electron chi connectivity index (χ1n) is 9.37. The number of fused-ring (bicyclic) bond motifs is 2. The number of unbranched alkanes of at least 4 members (excludes halogenated alkanes) is 2. The summed E-state index contributed by atoms with van der Waals surface area (Å²) < 4.78 is 38.9. The molecule has 2 heterocycles. The fourth-order valence-corrected chi connectivity index (χ4v) is 5.05. The lowest BCUT2D eigenvalue weighted by molar-refractivity contribution is -0.137. The van der Waals surface area contributed by atoms with E-state index in [4.69, 9.17) is 11.6 Å². The van der Waals surface area contributed by atoms with Gasteiger partial charge in [0, 0.05) is 11.5 Å². The van der Waals surface area contributed by atoms with Gasteiger partial charge in [-0.1, -0.05) is 53.7 Å². The van der Waals surface area contributed by atoms with Crippen LogP contribution in [0, 0.1) is 0 Å². The van der Waals surface area contributed by atoms with E-state index in [2.05, 4.69) is 19.9 Å². The predicted molar refractivity (Wildman–Crippen MR) is 117 cm³/mol. The van der Waals surface area contributed by atoms with Gasteiger partial charge in [0.2, 0.25) is 0 Å². The Labute approximate surface area is 184 Å². The molecule has 2 aromatic carbocycles. The molecule has 4 nitrogen and oxygen atoms in total. The SMILES string of the molecule is FC(F)(F)c1cc2[nH]c(SCCCCCSc3nc4ccccc4[nH]3)nc2cc1Cl. The number of alkyl halides is 3. The molecule has 0 fully saturated rings. The van der Waals surface area contributed by atoms with E-state index in [9.17, 15) is 13.2 Å². The number of H-pyrrole nitrogens is 2. The van der Waals surface area contributed by atoms with Gasteiger partial charge < -0.3 is 9.97 Å². The second-order valence-electron chi connectivity index (χ2n) is 6.71. The highest BCUT2D eigenvalue weighted by molar-refractivity contribution is 7.99. The zero-order chi connectivity index (χ0) is 21.1. The number of para-hydroxylation sites is 2. The Morgan fingerprint density at radius 1 is 0.833 bits per heavy atom. The van der Waals surface area contributed by atoms with Crippen molar-refractivity contribution < 1.29 is 13.2 Å². The van der Waals surface area contributed by atoms with Crippen molar-refractivity contribution in [3.8, 4) is 0 Å². The van der Waals surface area contributed by atoms with Crippen molar-refractivity contribution in [3.63, 3.8) is 0 Å². The summed E-state index contributed by atoms with van der Waals surface area (Å²) in [7, 11) is 0. The maximum atomic E-state index is 13.0. The number of nitrogens with one attached hydrogen (secondary N) is 2. The molecular formula is C20H18ClF3N4S2. The molecule has 0 atom stereocenters. The van der Waals surface area contributed by atoms with Crippen LogP contribution in [-0.4, -0.2) is 31.4 Å². The van der Waals surface area contributed by atoms with Gasteiger partial charge in [-0.25, -0.2) is 9.97 Å². The van der Waals surface area contributed by atoms with E-state index in [0.29, 0.717) is 16.2 Å². The van der Waals surface area contributed by atoms with Crippen LogP contribution in [-0.2, 0) is 6.18 Å². The number of imidazole rings is 2. The van der Waals surface area contributed by atoms with Crippen molar-refractivity contribution in [1.29, 1.82) is 0 Å². The number of aromatic nitrogens is 4. The minimum atomic E-state index is -4.48. The Morgan fingerprint density at radius 2 is 1.47 bits per heavy atom. The van der Waals surface area contributed by atoms with Crippen LogP contribution >= 0.6 is 35.1 Å². The Hall–Kier alpha value is -1.84. The quantitative estimate of drug-likeness (QED) is 0.212. The summed E-state index contributed by atoms with van der Waals surface area (Å²) >= 11 is 8.97. The van der Waals surface area contributed by atoms with Crippen molar-refractivity contribution in [2.75, 3.05) is 11.5 Å². The zero-order valence-corrected chi connectivity index (χ0v) is 18.1. The normalized spacial score (nSPS) is 12.3. The lowest BCUT2D eigenvalue weighted by Crippen LogP contribution is -2.05. The van der Waals surface area contributed by atoms with E-state index in [0.717, 1.165) is 53.0 Å². The van der Waals surface area contributed by atoms with E-state index in [1.165, 1.54) is 17.8 Å². The summed E-state index contributed by atoms with van der Waals surface area (Å²) in [5.74, 6) is 1.82. The van der Waals surface area contributed by atoms with Gasteiger partial charge in [0.1, 0.15) is 0 Å². The lowest BCUT2D eigenvalue weighted by Gasteiger charge is -2.07. The van der Waals surface area contributed by atoms with Gasteiger partial charge >= 0.3 is 6.18 Å². The van der Waals surface area contributed by atoms with Crippen molar-refractivity contribution >= 4 is 57.2 Å². The van der Waals surface area contributed by atoms with Crippen LogP contribution in [0.1, 0.15) is 24.8 Å². The van der Waals surface area contributed by atoms with E-state index >= 15 is 0 Å². The highest BCUT2D eigenvalue weighted by Gasteiger charge is 2.33. The van der Waals surface area contributed by atoms with E-state index < -0.39 is 11.7 Å². The number of halogens is 4. The van der Waals surface area contributed by atoms with Gasteiger partial charge in [-0.3, -0.25) is 0 Å². The molecule has 2 N–H and O–H groups in total. The molecule has 0 spiro atoms. The molecule has 0 radical (unpaired) electrons. The lowest BCUT2D eigenvalue weighted by atomic mass is 10.2. The Kier molecular flexibility index (Phi) is 6.50. The molecule has 158 valence electrons. The zero-order valence-electron chi connectivity index (χ0n) is 15.7. The summed E-state index contributed by atoms with van der Waals surface area (Å²) in [5, 5.41) is 1.21. The van der Waals surface area contributed by atoms with Gasteiger partial charge in [-0.2, -0.15) is 13.2 Å². The van der Waals surface area contributed by atoms with Gasteiger partial charge in [0.15, 0.2) is 10.3 Å². The molecule has 0 aliphatic rings. The average Bonchev–Trinajstić information content (AvgIpc) is 3.28. The van der Waals surface area contributed by atoms with Gasteiger partial charge in [0.05, 0.1) is 32.7 Å². The van der Waals surface area contributed by atoms with E-state index in [1.807, 2.05) is 24.3 Å². The third-order valence-corrected chi connectivity index (χ3v) is 6.72. The van der Waals surface area contributed by atoms with Gasteiger partial charge in [0.25, 0.3) is 0 Å². The van der Waals surface area contributed by atoms with Crippen molar-refractivity contribution in [2.45, 2.75) is 35.8 Å². The molecule has 4 rings (SSSR count). The molecule has 0 unspecified atom stereocenters. The van der Waals surface area contributed by atoms with Crippen molar-refractivity contribution in [3.05, 3.63) is 47.0 Å². The van der Waals surface area contributed by atoms with Crippen LogP contribution in [0.3, 0.4) is 0 Å². The summed E-state index contributed by atoms with van der Waals surface area (Å²) in [6.45, 7) is 0. The van der Waals surface area contributed by atoms with Crippen molar-refractivity contribution in [2.24, 2.45) is 0 Å². The molecule has 0 saturated carbocycles. The number of thioether (sulfide) groups is 2. The van der Waals surface area contributed by atoms with Crippen LogP contribution in [0.15, 0.2) is 46.7 Å². The standard InChI is InChI=1S/C20H18ClF3N4S2/c21-13-11-17-16(10-12(13)20(22,23)24)27-19(28-17)30-9-5-1-4-8-29-18-25-14-6-2-3-7-15(14)26-18/h2-3,6-7,10-11H,1,4-5,8-9H2,(H,25,26)(H,27,28). The number of hydrogen-bond acceptors (Lipinski definition) is 4. The Balaban J connectivity index is 1.21. The maximum Gasteiger partial charge on any atom is 0.417 e.